The van der Waals surface area contributed by atoms with Gasteiger partial charge in [0.2, 0.25) is 0 Å². The van der Waals surface area contributed by atoms with Crippen molar-refractivity contribution in [2.45, 2.75) is 6.42 Å². The lowest BCUT2D eigenvalue weighted by Crippen LogP contribution is -1.82. The van der Waals surface area contributed by atoms with E-state index in [0.29, 0.717) is 0 Å². The van der Waals surface area contributed by atoms with Gasteiger partial charge in [-0.2, -0.15) is 0 Å². The molecule has 2 rings (SSSR count). The van der Waals surface area contributed by atoms with Crippen molar-refractivity contribution >= 4 is 16.7 Å². The molecule has 1 aliphatic heterocycles. The van der Waals surface area contributed by atoms with E-state index < -0.39 is 0 Å². The van der Waals surface area contributed by atoms with Gasteiger partial charge in [-0.25, -0.2) is 0 Å². The van der Waals surface area contributed by atoms with Crippen LogP contribution in [0.3, 0.4) is 0 Å². The average Bonchev–Trinajstić information content (AvgIpc) is 2.71. The molecule has 0 radical (unpaired) electrons. The normalized spacial score (nSPS) is 15.6. The third-order valence-electron chi connectivity index (χ3n) is 2.08. The van der Waals surface area contributed by atoms with Gasteiger partial charge in [0.15, 0.2) is 0 Å². The van der Waals surface area contributed by atoms with E-state index in [9.17, 15) is 0 Å². The van der Waals surface area contributed by atoms with Crippen LogP contribution in [-0.2, 0) is 0 Å². The standard InChI is InChI=1S/C11H12OS/c1-12-10-6-4-9(5-7-10)11-3-2-8-13-11/h3-7H,2,8H2,1H3. The molecule has 0 aliphatic carbocycles. The maximum absolute atomic E-state index is 5.11. The summed E-state index contributed by atoms with van der Waals surface area (Å²) in [5.74, 6) is 2.15. The molecule has 0 fully saturated rings. The van der Waals surface area contributed by atoms with Crippen LogP contribution in [-0.4, -0.2) is 12.9 Å². The second-order valence-corrected chi connectivity index (χ2v) is 4.07. The molecule has 2 heteroatoms. The Morgan fingerprint density at radius 3 is 2.54 bits per heavy atom. The number of allylic oxidation sites excluding steroid dienone is 1. The quantitative estimate of drug-likeness (QED) is 0.711. The Balaban J connectivity index is 2.22. The van der Waals surface area contributed by atoms with Gasteiger partial charge >= 0.3 is 0 Å². The number of thioether (sulfide) groups is 1. The summed E-state index contributed by atoms with van der Waals surface area (Å²) in [4.78, 5) is 1.41. The number of ether oxygens (including phenoxy) is 1. The van der Waals surface area contributed by atoms with Crippen molar-refractivity contribution in [2.24, 2.45) is 0 Å². The van der Waals surface area contributed by atoms with Crippen LogP contribution < -0.4 is 4.74 Å². The van der Waals surface area contributed by atoms with Gasteiger partial charge in [0.05, 0.1) is 7.11 Å². The van der Waals surface area contributed by atoms with Crippen LogP contribution >= 0.6 is 11.8 Å². The molecule has 1 aromatic carbocycles. The van der Waals surface area contributed by atoms with E-state index in [1.54, 1.807) is 7.11 Å². The predicted molar refractivity (Wildman–Crippen MR) is 58.0 cm³/mol. The average molecular weight is 192 g/mol. The highest BCUT2D eigenvalue weighted by Gasteiger charge is 2.06. The zero-order valence-corrected chi connectivity index (χ0v) is 8.43. The van der Waals surface area contributed by atoms with Crippen LogP contribution in [0.4, 0.5) is 0 Å². The van der Waals surface area contributed by atoms with Crippen LogP contribution in [0.2, 0.25) is 0 Å². The molecule has 0 amide bonds. The van der Waals surface area contributed by atoms with Gasteiger partial charge in [0.25, 0.3) is 0 Å². The molecular weight excluding hydrogens is 180 g/mol. The number of benzene rings is 1. The van der Waals surface area contributed by atoms with E-state index in [2.05, 4.69) is 18.2 Å². The minimum Gasteiger partial charge on any atom is -0.497 e. The Hall–Kier alpha value is -0.890. The van der Waals surface area contributed by atoms with E-state index in [1.807, 2.05) is 23.9 Å². The second kappa shape index (κ2) is 3.88. The highest BCUT2D eigenvalue weighted by molar-refractivity contribution is 8.08. The summed E-state index contributed by atoms with van der Waals surface area (Å²) in [5.41, 5.74) is 1.31. The Bertz CT molecular complexity index is 313. The largest absolute Gasteiger partial charge is 0.497 e. The van der Waals surface area contributed by atoms with E-state index in [4.69, 9.17) is 4.74 Å². The van der Waals surface area contributed by atoms with Gasteiger partial charge in [-0.1, -0.05) is 18.2 Å². The topological polar surface area (TPSA) is 9.23 Å². The van der Waals surface area contributed by atoms with Crippen LogP contribution in [0, 0.1) is 0 Å². The van der Waals surface area contributed by atoms with Crippen molar-refractivity contribution in [1.82, 2.24) is 0 Å². The monoisotopic (exact) mass is 192 g/mol. The molecular formula is C11H12OS. The molecule has 1 aromatic rings. The van der Waals surface area contributed by atoms with Crippen LogP contribution in [0.25, 0.3) is 4.91 Å². The van der Waals surface area contributed by atoms with Crippen molar-refractivity contribution in [2.75, 3.05) is 12.9 Å². The van der Waals surface area contributed by atoms with Crippen LogP contribution in [0.5, 0.6) is 5.75 Å². The smallest absolute Gasteiger partial charge is 0.118 e. The van der Waals surface area contributed by atoms with Crippen LogP contribution in [0.1, 0.15) is 12.0 Å². The molecule has 0 bridgehead atoms. The SMILES string of the molecule is COc1ccc(C2=CCCS2)cc1. The lowest BCUT2D eigenvalue weighted by atomic mass is 10.2. The Labute approximate surface area is 82.8 Å². The molecule has 0 N–H and O–H groups in total. The molecule has 0 aromatic heterocycles. The fourth-order valence-electron chi connectivity index (χ4n) is 1.37. The first kappa shape index (κ1) is 8.70. The van der Waals surface area contributed by atoms with Crippen molar-refractivity contribution < 1.29 is 4.74 Å². The molecule has 1 aliphatic rings. The summed E-state index contributed by atoms with van der Waals surface area (Å²) in [6.07, 6.45) is 3.50. The maximum atomic E-state index is 5.11. The van der Waals surface area contributed by atoms with Crippen molar-refractivity contribution in [3.63, 3.8) is 0 Å². The molecule has 68 valence electrons. The first-order valence-corrected chi connectivity index (χ1v) is 5.36. The highest BCUT2D eigenvalue weighted by atomic mass is 32.2. The molecule has 0 atom stereocenters. The van der Waals surface area contributed by atoms with Gasteiger partial charge in [-0.15, -0.1) is 11.8 Å². The van der Waals surface area contributed by atoms with Gasteiger partial charge < -0.3 is 4.74 Å². The summed E-state index contributed by atoms with van der Waals surface area (Å²) in [7, 11) is 1.69. The summed E-state index contributed by atoms with van der Waals surface area (Å²) in [6.45, 7) is 0. The summed E-state index contributed by atoms with van der Waals surface area (Å²) >= 11 is 1.93. The zero-order valence-electron chi connectivity index (χ0n) is 7.62. The third kappa shape index (κ3) is 1.89. The minimum absolute atomic E-state index is 0.923. The summed E-state index contributed by atoms with van der Waals surface area (Å²) in [6, 6.07) is 8.25. The van der Waals surface area contributed by atoms with Gasteiger partial charge in [0, 0.05) is 10.7 Å². The number of hydrogen-bond acceptors (Lipinski definition) is 2. The predicted octanol–water partition coefficient (Wildman–Crippen LogP) is 3.17. The Morgan fingerprint density at radius 2 is 2.00 bits per heavy atom. The van der Waals surface area contributed by atoms with E-state index in [1.165, 1.54) is 22.6 Å². The first-order valence-electron chi connectivity index (χ1n) is 4.37. The summed E-state index contributed by atoms with van der Waals surface area (Å²) in [5, 5.41) is 0. The molecule has 1 heterocycles. The van der Waals surface area contributed by atoms with Crippen molar-refractivity contribution in [1.29, 1.82) is 0 Å². The maximum Gasteiger partial charge on any atom is 0.118 e. The fourth-order valence-corrected chi connectivity index (χ4v) is 2.37. The molecule has 1 nitrogen and oxygen atoms in total. The summed E-state index contributed by atoms with van der Waals surface area (Å²) < 4.78 is 5.11. The molecule has 0 spiro atoms. The van der Waals surface area contributed by atoms with Crippen molar-refractivity contribution in [3.05, 3.63) is 35.9 Å². The first-order chi connectivity index (χ1) is 6.40. The third-order valence-corrected chi connectivity index (χ3v) is 3.23. The van der Waals surface area contributed by atoms with Crippen LogP contribution in [0.15, 0.2) is 30.3 Å². The van der Waals surface area contributed by atoms with Gasteiger partial charge in [-0.3, -0.25) is 0 Å². The number of hydrogen-bond donors (Lipinski definition) is 0. The van der Waals surface area contributed by atoms with Crippen molar-refractivity contribution in [3.8, 4) is 5.75 Å². The minimum atomic E-state index is 0.923. The molecule has 0 unspecified atom stereocenters. The van der Waals surface area contributed by atoms with E-state index in [0.717, 1.165) is 5.75 Å². The van der Waals surface area contributed by atoms with Gasteiger partial charge in [0.1, 0.15) is 5.75 Å². The van der Waals surface area contributed by atoms with Gasteiger partial charge in [-0.05, 0) is 24.1 Å². The van der Waals surface area contributed by atoms with E-state index >= 15 is 0 Å². The number of methoxy groups -OCH3 is 1. The molecule has 0 saturated heterocycles. The van der Waals surface area contributed by atoms with E-state index in [-0.39, 0.29) is 0 Å². The lowest BCUT2D eigenvalue weighted by Gasteiger charge is -2.03. The Morgan fingerprint density at radius 1 is 1.23 bits per heavy atom. The fraction of sp³-hybridized carbons (Fsp3) is 0.273. The lowest BCUT2D eigenvalue weighted by molar-refractivity contribution is 0.415. The molecule has 13 heavy (non-hydrogen) atoms. The highest BCUT2D eigenvalue weighted by Crippen LogP contribution is 2.34. The zero-order chi connectivity index (χ0) is 9.10. The second-order valence-electron chi connectivity index (χ2n) is 2.93. The Kier molecular flexibility index (Phi) is 2.60. The molecule has 0 saturated carbocycles. The number of rotatable bonds is 2.